The zero-order valence-electron chi connectivity index (χ0n) is 18.6. The molecule has 0 N–H and O–H groups in total. The fourth-order valence-corrected chi connectivity index (χ4v) is 7.43. The molecule has 0 spiro atoms. The molecule has 0 aliphatic heterocycles. The Labute approximate surface area is 176 Å². The summed E-state index contributed by atoms with van der Waals surface area (Å²) in [5.41, 5.74) is 6.98. The number of hydrogen-bond acceptors (Lipinski definition) is 1. The molecular formula is C28H36O. The second kappa shape index (κ2) is 6.89. The first-order chi connectivity index (χ1) is 14.0. The molecule has 0 saturated heterocycles. The van der Waals surface area contributed by atoms with Crippen molar-refractivity contribution in [3.8, 4) is 0 Å². The Hall–Kier alpha value is -1.76. The monoisotopic (exact) mass is 388 g/mol. The lowest BCUT2D eigenvalue weighted by Gasteiger charge is -2.58. The second-order valence-corrected chi connectivity index (χ2v) is 10.4. The summed E-state index contributed by atoms with van der Waals surface area (Å²) in [4.78, 5) is 0. The predicted molar refractivity (Wildman–Crippen MR) is 121 cm³/mol. The molecule has 0 amide bonds. The first kappa shape index (κ1) is 19.2. The van der Waals surface area contributed by atoms with Gasteiger partial charge in [-0.1, -0.05) is 55.8 Å². The summed E-state index contributed by atoms with van der Waals surface area (Å²) in [6, 6.07) is 11.2. The molecule has 5 atom stereocenters. The summed E-state index contributed by atoms with van der Waals surface area (Å²) >= 11 is 0. The number of benzene rings is 1. The van der Waals surface area contributed by atoms with Gasteiger partial charge in [0.05, 0.1) is 12.4 Å². The Morgan fingerprint density at radius 2 is 1.83 bits per heavy atom. The number of fused-ring (bicyclic) bond motifs is 5. The first-order valence-corrected chi connectivity index (χ1v) is 11.8. The van der Waals surface area contributed by atoms with Crippen LogP contribution in [-0.2, 0) is 4.74 Å². The molecule has 1 heteroatoms. The van der Waals surface area contributed by atoms with Gasteiger partial charge in [0, 0.05) is 6.42 Å². The minimum absolute atomic E-state index is 0.284. The van der Waals surface area contributed by atoms with Gasteiger partial charge in [0.25, 0.3) is 0 Å². The van der Waals surface area contributed by atoms with E-state index in [1.165, 1.54) is 43.4 Å². The molecule has 0 bridgehead atoms. The third kappa shape index (κ3) is 2.80. The smallest absolute Gasteiger partial charge is 0.0962 e. The van der Waals surface area contributed by atoms with Gasteiger partial charge < -0.3 is 4.74 Å². The van der Waals surface area contributed by atoms with Gasteiger partial charge in [-0.25, -0.2) is 0 Å². The maximum absolute atomic E-state index is 6.02. The van der Waals surface area contributed by atoms with Crippen LogP contribution in [0.25, 0.3) is 5.57 Å². The standard InChI is InChI=1S/C28H36O/c1-5-29-21-13-15-28(4)25-14-16-27(3)19(2)11-12-24(27)23(25)18-22(26(28)17-21)20-9-7-6-8-10-20/h6-11,17,23-25H,5,12-16,18H2,1-4H3/t23?,24?,25-,27?,28?/m0/s1. The zero-order chi connectivity index (χ0) is 20.2. The lowest BCUT2D eigenvalue weighted by atomic mass is 9.47. The maximum Gasteiger partial charge on any atom is 0.0962 e. The van der Waals surface area contributed by atoms with Crippen molar-refractivity contribution >= 4 is 5.57 Å². The minimum Gasteiger partial charge on any atom is -0.498 e. The highest BCUT2D eigenvalue weighted by Gasteiger charge is 2.56. The molecule has 4 unspecified atom stereocenters. The summed E-state index contributed by atoms with van der Waals surface area (Å²) < 4.78 is 6.02. The predicted octanol–water partition coefficient (Wildman–Crippen LogP) is 7.56. The Bertz CT molecular complexity index is 888. The van der Waals surface area contributed by atoms with Crippen molar-refractivity contribution in [1.29, 1.82) is 0 Å². The van der Waals surface area contributed by atoms with Crippen molar-refractivity contribution in [2.24, 2.45) is 28.6 Å². The molecule has 29 heavy (non-hydrogen) atoms. The molecule has 4 aliphatic rings. The maximum atomic E-state index is 6.02. The van der Waals surface area contributed by atoms with E-state index in [1.807, 2.05) is 0 Å². The van der Waals surface area contributed by atoms with Gasteiger partial charge >= 0.3 is 0 Å². The number of ether oxygens (including phenoxy) is 1. The van der Waals surface area contributed by atoms with Crippen molar-refractivity contribution in [1.82, 2.24) is 0 Å². The normalized spacial score (nSPS) is 38.6. The Balaban J connectivity index is 1.64. The van der Waals surface area contributed by atoms with Gasteiger partial charge in [-0.15, -0.1) is 0 Å². The van der Waals surface area contributed by atoms with E-state index in [0.29, 0.717) is 5.41 Å². The fraction of sp³-hybridized carbons (Fsp3) is 0.571. The van der Waals surface area contributed by atoms with E-state index in [-0.39, 0.29) is 5.41 Å². The molecule has 1 saturated carbocycles. The van der Waals surface area contributed by atoms with E-state index in [4.69, 9.17) is 4.74 Å². The highest BCUT2D eigenvalue weighted by atomic mass is 16.5. The summed E-state index contributed by atoms with van der Waals surface area (Å²) in [6.45, 7) is 10.4. The van der Waals surface area contributed by atoms with Gasteiger partial charge in [-0.2, -0.15) is 0 Å². The Kier molecular flexibility index (Phi) is 4.57. The van der Waals surface area contributed by atoms with Crippen LogP contribution >= 0.6 is 0 Å². The van der Waals surface area contributed by atoms with Crippen molar-refractivity contribution in [2.75, 3.05) is 6.61 Å². The minimum atomic E-state index is 0.284. The van der Waals surface area contributed by atoms with Crippen LogP contribution in [0.3, 0.4) is 0 Å². The Morgan fingerprint density at radius 1 is 1.03 bits per heavy atom. The van der Waals surface area contributed by atoms with E-state index in [9.17, 15) is 0 Å². The van der Waals surface area contributed by atoms with E-state index >= 15 is 0 Å². The molecule has 1 aromatic rings. The van der Waals surface area contributed by atoms with E-state index in [1.54, 1.807) is 16.7 Å². The van der Waals surface area contributed by atoms with Crippen molar-refractivity contribution in [3.63, 3.8) is 0 Å². The van der Waals surface area contributed by atoms with Crippen LogP contribution < -0.4 is 0 Å². The summed E-state index contributed by atoms with van der Waals surface area (Å²) in [5, 5.41) is 0. The summed E-state index contributed by atoms with van der Waals surface area (Å²) in [5.74, 6) is 3.62. The number of allylic oxidation sites excluding steroid dienone is 6. The van der Waals surface area contributed by atoms with Gasteiger partial charge in [-0.05, 0) is 97.3 Å². The molecule has 0 aromatic heterocycles. The van der Waals surface area contributed by atoms with Gasteiger partial charge in [0.2, 0.25) is 0 Å². The SMILES string of the molecule is CCOC1=CC2=C(c3ccccc3)CC3C4CC=C(C)C4(C)CC[C@@H]3C2(C)CC1. The molecule has 1 aromatic carbocycles. The first-order valence-electron chi connectivity index (χ1n) is 11.8. The highest BCUT2D eigenvalue weighted by molar-refractivity contribution is 5.74. The van der Waals surface area contributed by atoms with Gasteiger partial charge in [0.1, 0.15) is 0 Å². The third-order valence-electron chi connectivity index (χ3n) is 9.25. The average molecular weight is 389 g/mol. The quantitative estimate of drug-likeness (QED) is 0.485. The highest BCUT2D eigenvalue weighted by Crippen LogP contribution is 2.66. The Morgan fingerprint density at radius 3 is 2.59 bits per heavy atom. The molecule has 5 rings (SSSR count). The topological polar surface area (TPSA) is 9.23 Å². The molecule has 1 nitrogen and oxygen atoms in total. The van der Waals surface area contributed by atoms with Crippen molar-refractivity contribution in [2.45, 2.75) is 66.2 Å². The fourth-order valence-electron chi connectivity index (χ4n) is 7.43. The van der Waals surface area contributed by atoms with Crippen LogP contribution in [0.1, 0.15) is 71.8 Å². The van der Waals surface area contributed by atoms with Crippen LogP contribution in [0.15, 0.2) is 59.4 Å². The van der Waals surface area contributed by atoms with E-state index in [2.05, 4.69) is 70.2 Å². The summed E-state index contributed by atoms with van der Waals surface area (Å²) in [6.07, 6.45) is 12.6. The van der Waals surface area contributed by atoms with E-state index < -0.39 is 0 Å². The molecule has 0 heterocycles. The zero-order valence-corrected chi connectivity index (χ0v) is 18.6. The van der Waals surface area contributed by atoms with Crippen LogP contribution in [0.5, 0.6) is 0 Å². The number of rotatable bonds is 3. The van der Waals surface area contributed by atoms with Crippen LogP contribution in [0.2, 0.25) is 0 Å². The van der Waals surface area contributed by atoms with Crippen molar-refractivity contribution < 1.29 is 4.74 Å². The van der Waals surface area contributed by atoms with Gasteiger partial charge in [0.15, 0.2) is 0 Å². The molecule has 154 valence electrons. The van der Waals surface area contributed by atoms with Crippen molar-refractivity contribution in [3.05, 3.63) is 65.0 Å². The van der Waals surface area contributed by atoms with Crippen LogP contribution in [0, 0.1) is 28.6 Å². The van der Waals surface area contributed by atoms with Gasteiger partial charge in [-0.3, -0.25) is 0 Å². The average Bonchev–Trinajstić information content (AvgIpc) is 3.03. The summed E-state index contributed by atoms with van der Waals surface area (Å²) in [7, 11) is 0. The second-order valence-electron chi connectivity index (χ2n) is 10.4. The largest absolute Gasteiger partial charge is 0.498 e. The number of hydrogen-bond donors (Lipinski definition) is 0. The van der Waals surface area contributed by atoms with Crippen LogP contribution in [0.4, 0.5) is 0 Å². The third-order valence-corrected chi connectivity index (χ3v) is 9.25. The molecule has 0 radical (unpaired) electrons. The molecule has 4 aliphatic carbocycles. The van der Waals surface area contributed by atoms with Crippen LogP contribution in [-0.4, -0.2) is 6.61 Å². The van der Waals surface area contributed by atoms with E-state index in [0.717, 1.165) is 30.8 Å². The molecular weight excluding hydrogens is 352 g/mol. The lowest BCUT2D eigenvalue weighted by Crippen LogP contribution is -2.49. The lowest BCUT2D eigenvalue weighted by molar-refractivity contribution is -0.00947. The molecule has 1 fully saturated rings.